The summed E-state index contributed by atoms with van der Waals surface area (Å²) in [4.78, 5) is 12.6. The van der Waals surface area contributed by atoms with Gasteiger partial charge in [0.1, 0.15) is 11.5 Å². The van der Waals surface area contributed by atoms with Crippen molar-refractivity contribution in [3.63, 3.8) is 0 Å². The average molecular weight is 394 g/mol. The maximum Gasteiger partial charge on any atom is 0.255 e. The predicted octanol–water partition coefficient (Wildman–Crippen LogP) is 3.20. The molecule has 0 bridgehead atoms. The first-order chi connectivity index (χ1) is 14.0. The fourth-order valence-corrected chi connectivity index (χ4v) is 3.29. The van der Waals surface area contributed by atoms with Crippen molar-refractivity contribution in [3.8, 4) is 17.2 Å². The minimum atomic E-state index is -1.30. The van der Waals surface area contributed by atoms with Crippen molar-refractivity contribution in [2.75, 3.05) is 20.8 Å². The molecule has 3 rings (SSSR count). The fraction of sp³-hybridized carbons (Fsp3) is 0.261. The van der Waals surface area contributed by atoms with E-state index < -0.39 is 12.0 Å². The first-order valence-corrected chi connectivity index (χ1v) is 9.45. The van der Waals surface area contributed by atoms with Gasteiger partial charge in [-0.2, -0.15) is 0 Å². The first-order valence-electron chi connectivity index (χ1n) is 9.45. The molecule has 1 aromatic heterocycles. The molecule has 1 atom stereocenters. The lowest BCUT2D eigenvalue weighted by Gasteiger charge is -2.17. The maximum absolute atomic E-state index is 12.6. The molecule has 0 aliphatic carbocycles. The van der Waals surface area contributed by atoms with Gasteiger partial charge in [-0.15, -0.1) is 0 Å². The zero-order chi connectivity index (χ0) is 20.8. The van der Waals surface area contributed by atoms with Crippen LogP contribution in [0.25, 0.3) is 5.69 Å². The second kappa shape index (κ2) is 9.30. The van der Waals surface area contributed by atoms with Crippen molar-refractivity contribution in [1.82, 2.24) is 9.88 Å². The lowest BCUT2D eigenvalue weighted by atomic mass is 10.1. The lowest BCUT2D eigenvalue weighted by Crippen LogP contribution is -2.32. The minimum Gasteiger partial charge on any atom is -0.496 e. The van der Waals surface area contributed by atoms with Crippen molar-refractivity contribution in [2.45, 2.75) is 19.4 Å². The minimum absolute atomic E-state index is 0.394. The van der Waals surface area contributed by atoms with Crippen LogP contribution in [0.15, 0.2) is 60.8 Å². The summed E-state index contributed by atoms with van der Waals surface area (Å²) in [6, 6.07) is 17.0. The van der Waals surface area contributed by atoms with E-state index in [4.69, 9.17) is 9.47 Å². The monoisotopic (exact) mass is 394 g/mol. The molecule has 6 heteroatoms. The number of para-hydroxylation sites is 1. The molecular weight excluding hydrogens is 368 g/mol. The van der Waals surface area contributed by atoms with Crippen molar-refractivity contribution < 1.29 is 19.4 Å². The van der Waals surface area contributed by atoms with E-state index in [9.17, 15) is 9.90 Å². The number of ether oxygens (including phenoxy) is 2. The maximum atomic E-state index is 12.6. The van der Waals surface area contributed by atoms with E-state index in [0.29, 0.717) is 24.4 Å². The van der Waals surface area contributed by atoms with Gasteiger partial charge in [-0.1, -0.05) is 24.3 Å². The van der Waals surface area contributed by atoms with Gasteiger partial charge in [0.15, 0.2) is 6.10 Å². The number of aryl methyl sites for hydroxylation is 1. The number of carbonyl (C=O) groups is 1. The van der Waals surface area contributed by atoms with E-state index in [1.54, 1.807) is 37.1 Å². The molecule has 0 aliphatic rings. The predicted molar refractivity (Wildman–Crippen MR) is 112 cm³/mol. The van der Waals surface area contributed by atoms with Crippen LogP contribution in [0.2, 0.25) is 0 Å². The number of nitrogens with one attached hydrogen (secondary N) is 1. The van der Waals surface area contributed by atoms with E-state index in [1.165, 1.54) is 0 Å². The Morgan fingerprint density at radius 2 is 1.83 bits per heavy atom. The van der Waals surface area contributed by atoms with Gasteiger partial charge in [0.2, 0.25) is 0 Å². The Morgan fingerprint density at radius 1 is 1.07 bits per heavy atom. The van der Waals surface area contributed by atoms with E-state index in [2.05, 4.69) is 5.32 Å². The molecule has 29 heavy (non-hydrogen) atoms. The summed E-state index contributed by atoms with van der Waals surface area (Å²) in [7, 11) is 3.22. The smallest absolute Gasteiger partial charge is 0.255 e. The summed E-state index contributed by atoms with van der Waals surface area (Å²) in [5, 5.41) is 13.5. The number of carbonyl (C=O) groups excluding carboxylic acids is 1. The van der Waals surface area contributed by atoms with Crippen LogP contribution in [0.5, 0.6) is 11.5 Å². The van der Waals surface area contributed by atoms with E-state index in [-0.39, 0.29) is 0 Å². The van der Waals surface area contributed by atoms with E-state index in [1.807, 2.05) is 49.4 Å². The van der Waals surface area contributed by atoms with Gasteiger partial charge in [0, 0.05) is 12.7 Å². The zero-order valence-corrected chi connectivity index (χ0v) is 16.9. The highest BCUT2D eigenvalue weighted by molar-refractivity contribution is 5.81. The second-order valence-electron chi connectivity index (χ2n) is 6.73. The van der Waals surface area contributed by atoms with E-state index in [0.717, 1.165) is 22.6 Å². The Bertz CT molecular complexity index is 981. The van der Waals surface area contributed by atoms with Crippen molar-refractivity contribution in [2.24, 2.45) is 0 Å². The molecule has 0 aliphatic heterocycles. The van der Waals surface area contributed by atoms with Gasteiger partial charge >= 0.3 is 0 Å². The number of rotatable bonds is 8. The molecule has 2 N–H and O–H groups in total. The van der Waals surface area contributed by atoms with Crippen LogP contribution in [0.4, 0.5) is 0 Å². The number of benzene rings is 2. The number of aliphatic hydroxyl groups is 1. The summed E-state index contributed by atoms with van der Waals surface area (Å²) in [6.07, 6.45) is 1.11. The van der Waals surface area contributed by atoms with Gasteiger partial charge in [0.05, 0.1) is 25.6 Å². The zero-order valence-electron chi connectivity index (χ0n) is 16.9. The van der Waals surface area contributed by atoms with Gasteiger partial charge in [-0.3, -0.25) is 4.79 Å². The highest BCUT2D eigenvalue weighted by Crippen LogP contribution is 2.28. The Balaban J connectivity index is 1.71. The lowest BCUT2D eigenvalue weighted by molar-refractivity contribution is -0.129. The molecule has 0 fully saturated rings. The summed E-state index contributed by atoms with van der Waals surface area (Å²) >= 11 is 0. The summed E-state index contributed by atoms with van der Waals surface area (Å²) < 4.78 is 12.5. The molecule has 2 aromatic carbocycles. The third-order valence-electron chi connectivity index (χ3n) is 4.79. The number of hydrogen-bond donors (Lipinski definition) is 2. The van der Waals surface area contributed by atoms with Crippen LogP contribution in [0.3, 0.4) is 0 Å². The number of aliphatic hydroxyl groups excluding tert-OH is 1. The second-order valence-corrected chi connectivity index (χ2v) is 6.73. The number of aromatic nitrogens is 1. The fourth-order valence-electron chi connectivity index (χ4n) is 3.29. The van der Waals surface area contributed by atoms with Gasteiger partial charge in [0.25, 0.3) is 5.91 Å². The van der Waals surface area contributed by atoms with E-state index >= 15 is 0 Å². The Morgan fingerprint density at radius 3 is 2.59 bits per heavy atom. The molecule has 0 saturated heterocycles. The van der Waals surface area contributed by atoms with Gasteiger partial charge < -0.3 is 24.5 Å². The molecule has 6 nitrogen and oxygen atoms in total. The summed E-state index contributed by atoms with van der Waals surface area (Å²) in [5.74, 6) is 0.992. The molecule has 1 amide bonds. The largest absolute Gasteiger partial charge is 0.496 e. The standard InChI is InChI=1S/C23H26N2O4/c1-16-10-11-21(29-3)19(15-16)25-14-6-8-18(25)22(26)23(27)24-13-12-17-7-4-5-9-20(17)28-2/h4-11,14-15,22,26H,12-13H2,1-3H3,(H,24,27). The van der Waals surface area contributed by atoms with Crippen molar-refractivity contribution in [1.29, 1.82) is 0 Å². The van der Waals surface area contributed by atoms with Crippen LogP contribution in [-0.4, -0.2) is 36.3 Å². The molecule has 0 saturated carbocycles. The number of hydrogen-bond acceptors (Lipinski definition) is 4. The summed E-state index contributed by atoms with van der Waals surface area (Å²) in [6.45, 7) is 2.37. The van der Waals surface area contributed by atoms with Gasteiger partial charge in [-0.25, -0.2) is 0 Å². The number of amides is 1. The van der Waals surface area contributed by atoms with Crippen LogP contribution in [0.1, 0.15) is 22.9 Å². The Labute approximate surface area is 170 Å². The van der Waals surface area contributed by atoms with Crippen LogP contribution in [-0.2, 0) is 11.2 Å². The third-order valence-corrected chi connectivity index (χ3v) is 4.79. The highest BCUT2D eigenvalue weighted by Gasteiger charge is 2.22. The molecule has 1 heterocycles. The summed E-state index contributed by atoms with van der Waals surface area (Å²) in [5.41, 5.74) is 3.30. The SMILES string of the molecule is COc1ccccc1CCNC(=O)C(O)c1cccn1-c1cc(C)ccc1OC. The van der Waals surface area contributed by atoms with Gasteiger partial charge in [-0.05, 0) is 54.8 Å². The first kappa shape index (κ1) is 20.5. The molecular formula is C23H26N2O4. The van der Waals surface area contributed by atoms with Crippen molar-refractivity contribution >= 4 is 5.91 Å². The molecule has 0 radical (unpaired) electrons. The molecule has 1 unspecified atom stereocenters. The van der Waals surface area contributed by atoms with Crippen molar-refractivity contribution in [3.05, 3.63) is 77.6 Å². The van der Waals surface area contributed by atoms with Crippen LogP contribution < -0.4 is 14.8 Å². The molecule has 0 spiro atoms. The Kier molecular flexibility index (Phi) is 6.57. The van der Waals surface area contributed by atoms with Crippen LogP contribution in [0, 0.1) is 6.92 Å². The number of nitrogens with zero attached hydrogens (tertiary/aromatic N) is 1. The normalized spacial score (nSPS) is 11.7. The Hall–Kier alpha value is -3.25. The molecule has 152 valence electrons. The molecule has 3 aromatic rings. The quantitative estimate of drug-likeness (QED) is 0.615. The average Bonchev–Trinajstić information content (AvgIpc) is 3.23. The van der Waals surface area contributed by atoms with Crippen LogP contribution >= 0.6 is 0 Å². The topological polar surface area (TPSA) is 72.7 Å². The number of methoxy groups -OCH3 is 2. The highest BCUT2D eigenvalue weighted by atomic mass is 16.5. The third kappa shape index (κ3) is 4.60.